The van der Waals surface area contributed by atoms with Crippen molar-refractivity contribution in [1.29, 1.82) is 0 Å². The number of ether oxygens (including phenoxy) is 2. The van der Waals surface area contributed by atoms with E-state index in [0.29, 0.717) is 5.75 Å². The number of hydrogen-bond donors (Lipinski definition) is 2. The summed E-state index contributed by atoms with van der Waals surface area (Å²) in [5, 5.41) is 17.6. The van der Waals surface area contributed by atoms with Crippen LogP contribution in [-0.2, 0) is 19.2 Å². The van der Waals surface area contributed by atoms with E-state index in [4.69, 9.17) is 25.9 Å². The van der Waals surface area contributed by atoms with Crippen LogP contribution in [-0.4, -0.2) is 48.4 Å². The summed E-state index contributed by atoms with van der Waals surface area (Å²) in [5.41, 5.74) is -5.44. The first-order valence-corrected chi connectivity index (χ1v) is 11.7. The van der Waals surface area contributed by atoms with E-state index in [1.807, 2.05) is 0 Å². The molecule has 0 saturated carbocycles. The van der Waals surface area contributed by atoms with Gasteiger partial charge in [0, 0.05) is 10.9 Å². The number of carbonyl (C=O) groups excluding carboxylic acids is 2. The highest BCUT2D eigenvalue weighted by Crippen LogP contribution is 2.61. The van der Waals surface area contributed by atoms with E-state index >= 15 is 0 Å². The van der Waals surface area contributed by atoms with Crippen molar-refractivity contribution in [2.24, 2.45) is 16.5 Å². The number of hydrogen-bond acceptors (Lipinski definition) is 8. The fourth-order valence-corrected chi connectivity index (χ4v) is 5.39. The van der Waals surface area contributed by atoms with Gasteiger partial charge in [-0.05, 0) is 49.2 Å². The molecule has 0 aromatic heterocycles. The molecule has 2 aliphatic rings. The summed E-state index contributed by atoms with van der Waals surface area (Å²) >= 11 is 6.03. The molecule has 2 aromatic rings. The van der Waals surface area contributed by atoms with Gasteiger partial charge in [-0.25, -0.2) is 4.79 Å². The Hall–Kier alpha value is -3.15. The molecule has 1 spiro atoms. The lowest BCUT2D eigenvalue weighted by molar-refractivity contribution is -0.311. The van der Waals surface area contributed by atoms with Gasteiger partial charge < -0.3 is 19.4 Å². The summed E-state index contributed by atoms with van der Waals surface area (Å²) in [4.78, 5) is 31.8. The average molecular weight is 541 g/mol. The van der Waals surface area contributed by atoms with Crippen molar-refractivity contribution in [1.82, 2.24) is 5.32 Å². The van der Waals surface area contributed by atoms with Gasteiger partial charge in [0.25, 0.3) is 0 Å². The Balaban J connectivity index is 2.08. The summed E-state index contributed by atoms with van der Waals surface area (Å²) in [6.07, 6.45) is -5.37. The summed E-state index contributed by atoms with van der Waals surface area (Å²) in [6.45, 7) is 2.58. The fourth-order valence-electron chi connectivity index (χ4n) is 5.26. The number of alkyl halides is 3. The van der Waals surface area contributed by atoms with Crippen LogP contribution >= 0.6 is 11.6 Å². The van der Waals surface area contributed by atoms with E-state index in [2.05, 4.69) is 10.5 Å². The van der Waals surface area contributed by atoms with E-state index in [1.54, 1.807) is 0 Å². The van der Waals surface area contributed by atoms with E-state index < -0.39 is 47.1 Å². The number of methoxy groups -OCH3 is 1. The van der Waals surface area contributed by atoms with Crippen LogP contribution < -0.4 is 10.1 Å². The summed E-state index contributed by atoms with van der Waals surface area (Å²) < 4.78 is 54.3. The third kappa shape index (κ3) is 4.14. The standard InChI is InChI=1S/C25H24ClF3N2O6/c1-4-36-21(32)19-18(14-5-9-16(26)10-6-14)23(13(2)31-37-22(23)33)20(30-24(19,34)25(27,28)29)15-7-11-17(35-3)12-8-15/h5-12,18-20,30,34H,4H2,1-3H3/t18-,19+,20-,23-,24+/m0/s1. The van der Waals surface area contributed by atoms with Crippen LogP contribution in [0.2, 0.25) is 5.02 Å². The minimum atomic E-state index is -5.37. The van der Waals surface area contributed by atoms with Crippen molar-refractivity contribution < 1.29 is 42.2 Å². The minimum absolute atomic E-state index is 0.0179. The molecule has 198 valence electrons. The zero-order valence-electron chi connectivity index (χ0n) is 20.0. The number of esters is 1. The predicted molar refractivity (Wildman–Crippen MR) is 126 cm³/mol. The molecular formula is C25H24ClF3N2O6. The van der Waals surface area contributed by atoms with Crippen LogP contribution in [0, 0.1) is 11.3 Å². The fraction of sp³-hybridized carbons (Fsp3) is 0.400. The van der Waals surface area contributed by atoms with E-state index in [-0.39, 0.29) is 28.5 Å². The highest BCUT2D eigenvalue weighted by molar-refractivity contribution is 6.30. The third-order valence-electron chi connectivity index (χ3n) is 6.95. The quantitative estimate of drug-likeness (QED) is 0.434. The maximum absolute atomic E-state index is 14.7. The number of aliphatic hydroxyl groups is 1. The number of carbonyl (C=O) groups is 2. The molecular weight excluding hydrogens is 517 g/mol. The molecule has 0 bridgehead atoms. The first-order valence-electron chi connectivity index (χ1n) is 11.3. The monoisotopic (exact) mass is 540 g/mol. The van der Waals surface area contributed by atoms with Gasteiger partial charge in [-0.3, -0.25) is 10.1 Å². The molecule has 0 unspecified atom stereocenters. The second-order valence-electron chi connectivity index (χ2n) is 8.80. The molecule has 2 aromatic carbocycles. The molecule has 2 heterocycles. The van der Waals surface area contributed by atoms with Crippen LogP contribution in [0.15, 0.2) is 53.7 Å². The lowest BCUT2D eigenvalue weighted by Gasteiger charge is -2.55. The Labute approximate surface area is 215 Å². The Morgan fingerprint density at radius 3 is 2.24 bits per heavy atom. The topological polar surface area (TPSA) is 106 Å². The van der Waals surface area contributed by atoms with Crippen LogP contribution in [0.25, 0.3) is 0 Å². The predicted octanol–water partition coefficient (Wildman–Crippen LogP) is 4.13. The Bertz CT molecular complexity index is 1220. The highest BCUT2D eigenvalue weighted by Gasteiger charge is 2.76. The van der Waals surface area contributed by atoms with Crippen molar-refractivity contribution in [3.63, 3.8) is 0 Å². The van der Waals surface area contributed by atoms with Crippen molar-refractivity contribution >= 4 is 29.3 Å². The van der Waals surface area contributed by atoms with Gasteiger partial charge in [0.15, 0.2) is 0 Å². The number of piperidine rings is 1. The SMILES string of the molecule is CCOC(=O)[C@H]1[C@H](c2ccc(Cl)cc2)[C@]2(C(=O)ON=C2C)[C@H](c2ccc(OC)cc2)N[C@]1(O)C(F)(F)F. The Morgan fingerprint density at radius 2 is 1.76 bits per heavy atom. The van der Waals surface area contributed by atoms with Crippen molar-refractivity contribution in [2.45, 2.75) is 37.7 Å². The van der Waals surface area contributed by atoms with Gasteiger partial charge in [0.1, 0.15) is 17.1 Å². The number of rotatable bonds is 5. The van der Waals surface area contributed by atoms with Gasteiger partial charge >= 0.3 is 18.1 Å². The molecule has 37 heavy (non-hydrogen) atoms. The van der Waals surface area contributed by atoms with Crippen LogP contribution in [0.3, 0.4) is 0 Å². The smallest absolute Gasteiger partial charge is 0.431 e. The second kappa shape index (κ2) is 9.62. The molecule has 0 amide bonds. The van der Waals surface area contributed by atoms with Crippen molar-refractivity contribution in [2.75, 3.05) is 13.7 Å². The number of nitrogens with one attached hydrogen (secondary N) is 1. The average Bonchev–Trinajstić information content (AvgIpc) is 3.14. The van der Waals surface area contributed by atoms with Crippen LogP contribution in [0.4, 0.5) is 13.2 Å². The van der Waals surface area contributed by atoms with Crippen molar-refractivity contribution in [3.8, 4) is 5.75 Å². The van der Waals surface area contributed by atoms with E-state index in [9.17, 15) is 27.9 Å². The highest BCUT2D eigenvalue weighted by atomic mass is 35.5. The zero-order valence-corrected chi connectivity index (χ0v) is 20.8. The largest absolute Gasteiger partial charge is 0.497 e. The summed E-state index contributed by atoms with van der Waals surface area (Å²) in [7, 11) is 1.42. The van der Waals surface area contributed by atoms with Gasteiger partial charge in [-0.15, -0.1) is 0 Å². The maximum Gasteiger partial charge on any atom is 0.431 e. The lowest BCUT2D eigenvalue weighted by atomic mass is 9.54. The number of halogens is 4. The van der Waals surface area contributed by atoms with Crippen LogP contribution in [0.5, 0.6) is 5.75 Å². The zero-order chi connectivity index (χ0) is 27.2. The van der Waals surface area contributed by atoms with Gasteiger partial charge in [0.2, 0.25) is 5.72 Å². The first-order chi connectivity index (χ1) is 17.4. The van der Waals surface area contributed by atoms with Crippen molar-refractivity contribution in [3.05, 3.63) is 64.7 Å². The molecule has 8 nitrogen and oxygen atoms in total. The minimum Gasteiger partial charge on any atom is -0.497 e. The molecule has 2 N–H and O–H groups in total. The Morgan fingerprint density at radius 1 is 1.16 bits per heavy atom. The molecule has 0 aliphatic carbocycles. The first kappa shape index (κ1) is 26.9. The van der Waals surface area contributed by atoms with Crippen LogP contribution in [0.1, 0.15) is 36.9 Å². The molecule has 2 aliphatic heterocycles. The lowest BCUT2D eigenvalue weighted by Crippen LogP contribution is -2.74. The number of oxime groups is 1. The normalized spacial score (nSPS) is 29.6. The molecule has 0 radical (unpaired) electrons. The second-order valence-corrected chi connectivity index (χ2v) is 9.23. The molecule has 1 saturated heterocycles. The van der Waals surface area contributed by atoms with Gasteiger partial charge in [-0.1, -0.05) is 41.0 Å². The molecule has 1 fully saturated rings. The summed E-state index contributed by atoms with van der Waals surface area (Å²) in [5.74, 6) is -5.87. The summed E-state index contributed by atoms with van der Waals surface area (Å²) in [6, 6.07) is 10.00. The molecule has 5 atom stereocenters. The van der Waals surface area contributed by atoms with E-state index in [1.165, 1.54) is 69.5 Å². The maximum atomic E-state index is 14.7. The molecule has 4 rings (SSSR count). The Kier molecular flexibility index (Phi) is 7.00. The van der Waals surface area contributed by atoms with Gasteiger partial charge in [0.05, 0.1) is 25.5 Å². The van der Waals surface area contributed by atoms with Gasteiger partial charge in [-0.2, -0.15) is 13.2 Å². The number of benzene rings is 2. The molecule has 12 heteroatoms. The number of nitrogens with zero attached hydrogens (tertiary/aromatic N) is 1. The third-order valence-corrected chi connectivity index (χ3v) is 7.20. The van der Waals surface area contributed by atoms with E-state index in [0.717, 1.165) is 0 Å².